The van der Waals surface area contributed by atoms with Gasteiger partial charge in [-0.2, -0.15) is 0 Å². The first-order valence-corrected chi connectivity index (χ1v) is 8.33. The topological polar surface area (TPSA) is 24.1 Å². The summed E-state index contributed by atoms with van der Waals surface area (Å²) in [4.78, 5) is 0. The fraction of sp³-hybridized carbons (Fsp3) is 0.824. The molecule has 112 valence electrons. The smallest absolute Gasteiger partial charge is 0.166 e. The minimum atomic E-state index is 0.252. The Labute approximate surface area is 128 Å². The summed E-state index contributed by atoms with van der Waals surface area (Å²) in [6.07, 6.45) is 8.16. The third-order valence-electron chi connectivity index (χ3n) is 5.56. The second-order valence-electron chi connectivity index (χ2n) is 8.68. The number of nitrogens with one attached hydrogen (secondary N) is 2. The summed E-state index contributed by atoms with van der Waals surface area (Å²) in [6, 6.07) is 0. The number of hydrogen-bond donors (Lipinski definition) is 2. The molecular formula is C17H28N2S. The van der Waals surface area contributed by atoms with Crippen LogP contribution in [0.3, 0.4) is 0 Å². The Kier molecular flexibility index (Phi) is 3.20. The molecule has 2 unspecified atom stereocenters. The summed E-state index contributed by atoms with van der Waals surface area (Å²) in [6.45, 7) is 11.7. The van der Waals surface area contributed by atoms with Gasteiger partial charge in [0.25, 0.3) is 0 Å². The van der Waals surface area contributed by atoms with E-state index in [0.717, 1.165) is 23.1 Å². The highest BCUT2D eigenvalue weighted by molar-refractivity contribution is 7.80. The quantitative estimate of drug-likeness (QED) is 0.611. The molecule has 0 aliphatic heterocycles. The molecule has 2 atom stereocenters. The largest absolute Gasteiger partial charge is 0.359 e. The molecule has 0 saturated heterocycles. The third kappa shape index (κ3) is 2.61. The molecule has 3 heteroatoms. The number of thiocarbonyl (C=S) groups is 1. The van der Waals surface area contributed by atoms with E-state index in [0.29, 0.717) is 10.8 Å². The number of rotatable bonds is 3. The second kappa shape index (κ2) is 4.46. The van der Waals surface area contributed by atoms with Crippen LogP contribution in [0.1, 0.15) is 59.3 Å². The lowest BCUT2D eigenvalue weighted by Crippen LogP contribution is -2.66. The van der Waals surface area contributed by atoms with Crippen LogP contribution in [0.15, 0.2) is 12.2 Å². The van der Waals surface area contributed by atoms with Crippen molar-refractivity contribution in [1.82, 2.24) is 10.6 Å². The van der Waals surface area contributed by atoms with Crippen molar-refractivity contribution >= 4 is 17.3 Å². The van der Waals surface area contributed by atoms with Crippen LogP contribution in [-0.2, 0) is 0 Å². The first-order chi connectivity index (χ1) is 9.22. The zero-order valence-electron chi connectivity index (χ0n) is 13.1. The average molecular weight is 292 g/mol. The first kappa shape index (κ1) is 14.4. The van der Waals surface area contributed by atoms with Gasteiger partial charge < -0.3 is 10.6 Å². The molecule has 2 nitrogen and oxygen atoms in total. The zero-order valence-corrected chi connectivity index (χ0v) is 14.0. The Morgan fingerprint density at radius 3 is 2.25 bits per heavy atom. The molecule has 0 heterocycles. The monoisotopic (exact) mass is 292 g/mol. The van der Waals surface area contributed by atoms with Gasteiger partial charge in [0.2, 0.25) is 0 Å². The maximum absolute atomic E-state index is 5.52. The van der Waals surface area contributed by atoms with Crippen LogP contribution in [0.5, 0.6) is 0 Å². The summed E-state index contributed by atoms with van der Waals surface area (Å²) in [5.41, 5.74) is 2.44. The standard InChI is InChI=1S/C17H28N2S/c1-12(2)8-18-14(20)19-17-7-13-5-15(3,10-17)9-16(4,6-13)11-17/h13H,1,5-11H2,2-4H3,(H2,18,19,20). The molecule has 0 radical (unpaired) electrons. The van der Waals surface area contributed by atoms with Crippen molar-refractivity contribution in [3.8, 4) is 0 Å². The van der Waals surface area contributed by atoms with Crippen molar-refractivity contribution in [3.63, 3.8) is 0 Å². The van der Waals surface area contributed by atoms with E-state index in [4.69, 9.17) is 12.2 Å². The van der Waals surface area contributed by atoms with Crippen LogP contribution in [0.25, 0.3) is 0 Å². The summed E-state index contributed by atoms with van der Waals surface area (Å²) in [5.74, 6) is 0.901. The van der Waals surface area contributed by atoms with Crippen molar-refractivity contribution in [2.45, 2.75) is 64.8 Å². The molecule has 2 N–H and O–H groups in total. The normalized spacial score (nSPS) is 45.2. The molecule has 0 aromatic rings. The highest BCUT2D eigenvalue weighted by Gasteiger charge is 2.60. The molecule has 4 saturated carbocycles. The molecule has 20 heavy (non-hydrogen) atoms. The van der Waals surface area contributed by atoms with Crippen LogP contribution in [0.4, 0.5) is 0 Å². The lowest BCUT2D eigenvalue weighted by Gasteiger charge is -2.65. The summed E-state index contributed by atoms with van der Waals surface area (Å²) >= 11 is 5.52. The minimum absolute atomic E-state index is 0.252. The van der Waals surface area contributed by atoms with Gasteiger partial charge >= 0.3 is 0 Å². The molecule has 4 aliphatic carbocycles. The molecule has 4 rings (SSSR count). The fourth-order valence-electron chi connectivity index (χ4n) is 6.10. The van der Waals surface area contributed by atoms with E-state index in [9.17, 15) is 0 Å². The maximum atomic E-state index is 5.52. The minimum Gasteiger partial charge on any atom is -0.359 e. The van der Waals surface area contributed by atoms with Gasteiger partial charge in [0.15, 0.2) is 5.11 Å². The Bertz CT molecular complexity index is 438. The van der Waals surface area contributed by atoms with Crippen molar-refractivity contribution in [2.24, 2.45) is 16.7 Å². The van der Waals surface area contributed by atoms with Gasteiger partial charge in [-0.05, 0) is 74.4 Å². The van der Waals surface area contributed by atoms with Crippen LogP contribution >= 0.6 is 12.2 Å². The zero-order chi connectivity index (χ0) is 14.6. The van der Waals surface area contributed by atoms with Gasteiger partial charge in [-0.1, -0.05) is 26.0 Å². The summed E-state index contributed by atoms with van der Waals surface area (Å²) in [5, 5.41) is 7.83. The molecule has 0 amide bonds. The van der Waals surface area contributed by atoms with Gasteiger partial charge in [-0.15, -0.1) is 0 Å². The van der Waals surface area contributed by atoms with E-state index in [1.807, 2.05) is 6.92 Å². The predicted molar refractivity (Wildman–Crippen MR) is 88.7 cm³/mol. The Morgan fingerprint density at radius 1 is 1.15 bits per heavy atom. The predicted octanol–water partition coefficient (Wildman–Crippen LogP) is 3.78. The highest BCUT2D eigenvalue weighted by Crippen LogP contribution is 2.66. The van der Waals surface area contributed by atoms with Crippen molar-refractivity contribution in [3.05, 3.63) is 12.2 Å². The summed E-state index contributed by atoms with van der Waals surface area (Å²) < 4.78 is 0. The van der Waals surface area contributed by atoms with Gasteiger partial charge in [0.1, 0.15) is 0 Å². The number of hydrogen-bond acceptors (Lipinski definition) is 1. The van der Waals surface area contributed by atoms with Gasteiger partial charge in [0, 0.05) is 12.1 Å². The molecular weight excluding hydrogens is 264 g/mol. The Balaban J connectivity index is 1.72. The molecule has 4 fully saturated rings. The van der Waals surface area contributed by atoms with Crippen LogP contribution in [-0.4, -0.2) is 17.2 Å². The lowest BCUT2D eigenvalue weighted by atomic mass is 9.43. The van der Waals surface area contributed by atoms with E-state index in [2.05, 4.69) is 31.1 Å². The van der Waals surface area contributed by atoms with Crippen LogP contribution in [0, 0.1) is 16.7 Å². The SMILES string of the molecule is C=C(C)CNC(=S)NC12CC3CC(C)(CC(C)(C3)C1)C2. The lowest BCUT2D eigenvalue weighted by molar-refractivity contribution is -0.111. The highest BCUT2D eigenvalue weighted by atomic mass is 32.1. The van der Waals surface area contributed by atoms with E-state index in [1.54, 1.807) is 0 Å². The van der Waals surface area contributed by atoms with E-state index < -0.39 is 0 Å². The molecule has 0 aromatic carbocycles. The molecule has 0 spiro atoms. The van der Waals surface area contributed by atoms with Gasteiger partial charge in [-0.3, -0.25) is 0 Å². The average Bonchev–Trinajstić information content (AvgIpc) is 2.20. The second-order valence-corrected chi connectivity index (χ2v) is 9.08. The van der Waals surface area contributed by atoms with E-state index in [1.165, 1.54) is 38.5 Å². The maximum Gasteiger partial charge on any atom is 0.166 e. The van der Waals surface area contributed by atoms with Crippen LogP contribution < -0.4 is 10.6 Å². The first-order valence-electron chi connectivity index (χ1n) is 7.92. The van der Waals surface area contributed by atoms with Gasteiger partial charge in [0.05, 0.1) is 0 Å². The molecule has 4 aliphatic rings. The molecule has 4 bridgehead atoms. The van der Waals surface area contributed by atoms with Gasteiger partial charge in [-0.25, -0.2) is 0 Å². The van der Waals surface area contributed by atoms with Crippen LogP contribution in [0.2, 0.25) is 0 Å². The van der Waals surface area contributed by atoms with Crippen molar-refractivity contribution in [2.75, 3.05) is 6.54 Å². The van der Waals surface area contributed by atoms with E-state index in [-0.39, 0.29) is 5.54 Å². The fourth-order valence-corrected chi connectivity index (χ4v) is 6.39. The van der Waals surface area contributed by atoms with Crippen molar-refractivity contribution < 1.29 is 0 Å². The Morgan fingerprint density at radius 2 is 1.75 bits per heavy atom. The molecule has 0 aromatic heterocycles. The van der Waals surface area contributed by atoms with Crippen molar-refractivity contribution in [1.29, 1.82) is 0 Å². The summed E-state index contributed by atoms with van der Waals surface area (Å²) in [7, 11) is 0. The van der Waals surface area contributed by atoms with E-state index >= 15 is 0 Å². The Hall–Kier alpha value is -0.570. The third-order valence-corrected chi connectivity index (χ3v) is 5.80.